The number of anilines is 1. The lowest BCUT2D eigenvalue weighted by Crippen LogP contribution is -2.14. The molecule has 0 atom stereocenters. The molecule has 0 aliphatic heterocycles. The molecule has 8 heteroatoms. The minimum Gasteiger partial charge on any atom is -0.481 e. The van der Waals surface area contributed by atoms with E-state index in [2.05, 4.69) is 37.9 Å². The summed E-state index contributed by atoms with van der Waals surface area (Å²) in [5.74, 6) is -0.0532. The van der Waals surface area contributed by atoms with Crippen molar-refractivity contribution >= 4 is 57.6 Å². The molecule has 1 amide bonds. The highest BCUT2D eigenvalue weighted by atomic mass is 127. The van der Waals surface area contributed by atoms with Crippen molar-refractivity contribution in [3.8, 4) is 5.88 Å². The fourth-order valence-corrected chi connectivity index (χ4v) is 2.06. The Balaban J connectivity index is 2.23. The van der Waals surface area contributed by atoms with Crippen molar-refractivity contribution in [3.05, 3.63) is 43.6 Å². The molecule has 104 valence electrons. The highest BCUT2D eigenvalue weighted by molar-refractivity contribution is 14.1. The molecule has 1 aromatic heterocycles. The smallest absolute Gasteiger partial charge is 0.258 e. The van der Waals surface area contributed by atoms with E-state index in [-0.39, 0.29) is 22.9 Å². The molecule has 0 spiro atoms. The zero-order valence-corrected chi connectivity index (χ0v) is 13.8. The van der Waals surface area contributed by atoms with Gasteiger partial charge in [-0.15, -0.1) is 0 Å². The molecule has 20 heavy (non-hydrogen) atoms. The maximum absolute atomic E-state index is 12.1. The van der Waals surface area contributed by atoms with E-state index in [0.29, 0.717) is 10.6 Å². The zero-order valence-electron chi connectivity index (χ0n) is 10.2. The van der Waals surface area contributed by atoms with Crippen molar-refractivity contribution in [2.45, 2.75) is 0 Å². The molecule has 0 saturated carbocycles. The van der Waals surface area contributed by atoms with E-state index in [1.54, 1.807) is 18.2 Å². The van der Waals surface area contributed by atoms with Crippen LogP contribution in [0.15, 0.2) is 24.3 Å². The van der Waals surface area contributed by atoms with Crippen LogP contribution in [0.1, 0.15) is 10.4 Å². The number of carbonyl (C=O) groups is 1. The van der Waals surface area contributed by atoms with Gasteiger partial charge < -0.3 is 4.74 Å². The summed E-state index contributed by atoms with van der Waals surface area (Å²) in [6.45, 7) is 0. The van der Waals surface area contributed by atoms with Crippen LogP contribution in [0.2, 0.25) is 10.2 Å². The van der Waals surface area contributed by atoms with E-state index in [9.17, 15) is 4.79 Å². The topological polar surface area (TPSA) is 64.1 Å². The van der Waals surface area contributed by atoms with Gasteiger partial charge in [0, 0.05) is 15.2 Å². The van der Waals surface area contributed by atoms with Crippen molar-refractivity contribution in [2.24, 2.45) is 0 Å². The van der Waals surface area contributed by atoms with Gasteiger partial charge in [0.25, 0.3) is 5.91 Å². The first-order valence-electron chi connectivity index (χ1n) is 5.34. The van der Waals surface area contributed by atoms with Gasteiger partial charge in [0.2, 0.25) is 11.8 Å². The molecule has 2 aromatic rings. The summed E-state index contributed by atoms with van der Waals surface area (Å²) in [7, 11) is 1.45. The molecule has 5 nitrogen and oxygen atoms in total. The normalized spacial score (nSPS) is 10.2. The molecular formula is C12H8Cl2IN3O2. The van der Waals surface area contributed by atoms with Crippen molar-refractivity contribution in [1.29, 1.82) is 0 Å². The molecule has 1 N–H and O–H groups in total. The number of hydrogen-bond acceptors (Lipinski definition) is 4. The molecular weight excluding hydrogens is 416 g/mol. The highest BCUT2D eigenvalue weighted by Gasteiger charge is 2.11. The first kappa shape index (κ1) is 15.3. The van der Waals surface area contributed by atoms with Gasteiger partial charge in [0.15, 0.2) is 0 Å². The lowest BCUT2D eigenvalue weighted by Gasteiger charge is -2.06. The lowest BCUT2D eigenvalue weighted by molar-refractivity contribution is 0.102. The van der Waals surface area contributed by atoms with Gasteiger partial charge in [-0.1, -0.05) is 23.2 Å². The highest BCUT2D eigenvalue weighted by Crippen LogP contribution is 2.21. The standard InChI is InChI=1S/C12H8Cl2IN3O2/c1-20-10-5-9(14)16-12(17-10)18-11(19)6-2-3-8(15)7(13)4-6/h2-5H,1H3,(H,16,17,18,19). The number of carbonyl (C=O) groups excluding carboxylic acids is 1. The summed E-state index contributed by atoms with van der Waals surface area (Å²) in [6, 6.07) is 6.42. The van der Waals surface area contributed by atoms with Crippen molar-refractivity contribution in [3.63, 3.8) is 0 Å². The number of halogens is 3. The second-order valence-electron chi connectivity index (χ2n) is 3.64. The third-order valence-electron chi connectivity index (χ3n) is 2.29. The molecule has 1 aromatic carbocycles. The summed E-state index contributed by atoms with van der Waals surface area (Å²) >= 11 is 13.9. The van der Waals surface area contributed by atoms with Crippen LogP contribution < -0.4 is 10.1 Å². The summed E-state index contributed by atoms with van der Waals surface area (Å²) < 4.78 is 5.81. The van der Waals surface area contributed by atoms with Crippen molar-refractivity contribution in [2.75, 3.05) is 12.4 Å². The quantitative estimate of drug-likeness (QED) is 0.604. The van der Waals surface area contributed by atoms with Gasteiger partial charge in [0.1, 0.15) is 5.15 Å². The monoisotopic (exact) mass is 423 g/mol. The molecule has 0 fully saturated rings. The molecule has 0 bridgehead atoms. The number of rotatable bonds is 3. The van der Waals surface area contributed by atoms with Crippen LogP contribution in [0.3, 0.4) is 0 Å². The summed E-state index contributed by atoms with van der Waals surface area (Å²) in [6.07, 6.45) is 0. The molecule has 0 aliphatic carbocycles. The van der Waals surface area contributed by atoms with Crippen LogP contribution in [0.25, 0.3) is 0 Å². The number of amides is 1. The van der Waals surface area contributed by atoms with Crippen LogP contribution in [0.4, 0.5) is 5.95 Å². The molecule has 0 aliphatic rings. The molecule has 2 rings (SSSR count). The molecule has 0 unspecified atom stereocenters. The number of aromatic nitrogens is 2. The average Bonchev–Trinajstić information content (AvgIpc) is 2.41. The Morgan fingerprint density at radius 3 is 2.70 bits per heavy atom. The van der Waals surface area contributed by atoms with Crippen LogP contribution >= 0.6 is 45.8 Å². The maximum atomic E-state index is 12.1. The first-order chi connectivity index (χ1) is 9.49. The van der Waals surface area contributed by atoms with Crippen LogP contribution in [0, 0.1) is 3.57 Å². The van der Waals surface area contributed by atoms with E-state index in [1.165, 1.54) is 13.2 Å². The third kappa shape index (κ3) is 3.71. The number of nitrogens with one attached hydrogen (secondary N) is 1. The third-order valence-corrected chi connectivity index (χ3v) is 4.05. The maximum Gasteiger partial charge on any atom is 0.258 e. The van der Waals surface area contributed by atoms with Gasteiger partial charge in [-0.05, 0) is 40.8 Å². The van der Waals surface area contributed by atoms with Gasteiger partial charge in [-0.3, -0.25) is 10.1 Å². The fourth-order valence-electron chi connectivity index (χ4n) is 1.37. The van der Waals surface area contributed by atoms with E-state index in [4.69, 9.17) is 27.9 Å². The Morgan fingerprint density at radius 2 is 2.05 bits per heavy atom. The second-order valence-corrected chi connectivity index (χ2v) is 5.60. The predicted octanol–water partition coefficient (Wildman–Crippen LogP) is 3.65. The number of methoxy groups -OCH3 is 1. The molecule has 0 saturated heterocycles. The molecule has 0 radical (unpaired) electrons. The van der Waals surface area contributed by atoms with Gasteiger partial charge >= 0.3 is 0 Å². The average molecular weight is 424 g/mol. The van der Waals surface area contributed by atoms with Crippen LogP contribution in [-0.4, -0.2) is 23.0 Å². The Hall–Kier alpha value is -1.12. The van der Waals surface area contributed by atoms with Gasteiger partial charge in [-0.2, -0.15) is 4.98 Å². The molecule has 1 heterocycles. The predicted molar refractivity (Wildman–Crippen MR) is 85.7 cm³/mol. The summed E-state index contributed by atoms with van der Waals surface area (Å²) in [5.41, 5.74) is 0.401. The van der Waals surface area contributed by atoms with E-state index < -0.39 is 0 Å². The van der Waals surface area contributed by atoms with Gasteiger partial charge in [0.05, 0.1) is 12.1 Å². The largest absolute Gasteiger partial charge is 0.481 e. The van der Waals surface area contributed by atoms with E-state index >= 15 is 0 Å². The zero-order chi connectivity index (χ0) is 14.7. The van der Waals surface area contributed by atoms with E-state index in [0.717, 1.165) is 3.57 Å². The Bertz CT molecular complexity index is 667. The number of ether oxygens (including phenoxy) is 1. The Morgan fingerprint density at radius 1 is 1.30 bits per heavy atom. The summed E-state index contributed by atoms with van der Waals surface area (Å²) in [4.78, 5) is 19.9. The Labute approximate surface area is 138 Å². The summed E-state index contributed by atoms with van der Waals surface area (Å²) in [5, 5.41) is 3.21. The number of hydrogen-bond donors (Lipinski definition) is 1. The number of benzene rings is 1. The Kier molecular flexibility index (Phi) is 5.00. The van der Waals surface area contributed by atoms with Crippen LogP contribution in [0.5, 0.6) is 5.88 Å². The second kappa shape index (κ2) is 6.55. The lowest BCUT2D eigenvalue weighted by atomic mass is 10.2. The van der Waals surface area contributed by atoms with Crippen molar-refractivity contribution in [1.82, 2.24) is 9.97 Å². The van der Waals surface area contributed by atoms with Crippen LogP contribution in [-0.2, 0) is 0 Å². The van der Waals surface area contributed by atoms with Crippen molar-refractivity contribution < 1.29 is 9.53 Å². The first-order valence-corrected chi connectivity index (χ1v) is 7.18. The fraction of sp³-hybridized carbons (Fsp3) is 0.0833. The SMILES string of the molecule is COc1cc(Cl)nc(NC(=O)c2ccc(I)c(Cl)c2)n1. The van der Waals surface area contributed by atoms with E-state index in [1.807, 2.05) is 0 Å². The number of nitrogens with zero attached hydrogens (tertiary/aromatic N) is 2. The van der Waals surface area contributed by atoms with Gasteiger partial charge in [-0.25, -0.2) is 4.98 Å². The minimum absolute atomic E-state index is 0.0639. The minimum atomic E-state index is -0.382.